The molecule has 1 aromatic carbocycles. The van der Waals surface area contributed by atoms with E-state index >= 15 is 0 Å². The van der Waals surface area contributed by atoms with E-state index in [1.165, 1.54) is 13.4 Å². The van der Waals surface area contributed by atoms with Gasteiger partial charge in [-0.15, -0.1) is 0 Å². The van der Waals surface area contributed by atoms with Crippen LogP contribution in [-0.4, -0.2) is 12.2 Å². The summed E-state index contributed by atoms with van der Waals surface area (Å²) in [5.41, 5.74) is 1.02. The summed E-state index contributed by atoms with van der Waals surface area (Å²) in [6, 6.07) is 6.62. The third-order valence-electron chi connectivity index (χ3n) is 2.43. The highest BCUT2D eigenvalue weighted by atomic mass is 35.5. The molecule has 2 aromatic rings. The Morgan fingerprint density at radius 3 is 2.59 bits per heavy atom. The van der Waals surface area contributed by atoms with Gasteiger partial charge in [0.15, 0.2) is 5.22 Å². The van der Waals surface area contributed by atoms with Crippen LogP contribution in [0.3, 0.4) is 0 Å². The predicted molar refractivity (Wildman–Crippen MR) is 65.8 cm³/mol. The molecule has 90 valence electrons. The largest absolute Gasteiger partial charge is 0.496 e. The van der Waals surface area contributed by atoms with Gasteiger partial charge in [0.25, 0.3) is 0 Å². The molecule has 1 N–H and O–H groups in total. The van der Waals surface area contributed by atoms with Crippen LogP contribution in [0.25, 0.3) is 0 Å². The van der Waals surface area contributed by atoms with Crippen molar-refractivity contribution in [2.75, 3.05) is 7.11 Å². The van der Waals surface area contributed by atoms with Crippen LogP contribution < -0.4 is 4.74 Å². The zero-order valence-electron chi connectivity index (χ0n) is 8.98. The van der Waals surface area contributed by atoms with Crippen LogP contribution >= 0.6 is 23.2 Å². The van der Waals surface area contributed by atoms with Crippen molar-refractivity contribution in [2.45, 2.75) is 6.10 Å². The van der Waals surface area contributed by atoms with E-state index in [0.29, 0.717) is 21.9 Å². The summed E-state index contributed by atoms with van der Waals surface area (Å²) in [6.07, 6.45) is 0.479. The molecule has 0 aliphatic carbocycles. The first-order chi connectivity index (χ1) is 8.13. The molecule has 5 heteroatoms. The summed E-state index contributed by atoms with van der Waals surface area (Å²) in [4.78, 5) is 0. The van der Waals surface area contributed by atoms with Crippen LogP contribution in [0.15, 0.2) is 34.9 Å². The van der Waals surface area contributed by atoms with Crippen molar-refractivity contribution in [3.8, 4) is 5.75 Å². The van der Waals surface area contributed by atoms with E-state index in [2.05, 4.69) is 0 Å². The molecule has 0 amide bonds. The molecule has 17 heavy (non-hydrogen) atoms. The number of halogens is 2. The van der Waals surface area contributed by atoms with Gasteiger partial charge >= 0.3 is 0 Å². The first-order valence-corrected chi connectivity index (χ1v) is 5.63. The van der Waals surface area contributed by atoms with Crippen LogP contribution in [0, 0.1) is 0 Å². The Morgan fingerprint density at radius 2 is 2.00 bits per heavy atom. The van der Waals surface area contributed by atoms with Gasteiger partial charge < -0.3 is 14.3 Å². The molecule has 1 aromatic heterocycles. The molecule has 0 saturated carbocycles. The molecule has 0 fully saturated rings. The highest BCUT2D eigenvalue weighted by Crippen LogP contribution is 2.35. The van der Waals surface area contributed by atoms with Crippen LogP contribution in [0.2, 0.25) is 10.2 Å². The molecule has 1 unspecified atom stereocenters. The number of rotatable bonds is 3. The number of aliphatic hydroxyl groups is 1. The van der Waals surface area contributed by atoms with Crippen molar-refractivity contribution < 1.29 is 14.3 Å². The summed E-state index contributed by atoms with van der Waals surface area (Å²) < 4.78 is 10.1. The predicted octanol–water partition coefficient (Wildman–Crippen LogP) is 3.68. The van der Waals surface area contributed by atoms with Gasteiger partial charge in [0.2, 0.25) is 0 Å². The fourth-order valence-electron chi connectivity index (χ4n) is 1.59. The standard InChI is InChI=1S/C12H10Cl2O3/c1-16-10-3-2-7(13)6-9(10)11(15)8-4-5-17-12(8)14/h2-6,11,15H,1H3. The number of hydrogen-bond donors (Lipinski definition) is 1. The Kier molecular flexibility index (Phi) is 3.62. The Hall–Kier alpha value is -1.16. The second kappa shape index (κ2) is 5.00. The zero-order chi connectivity index (χ0) is 12.4. The van der Waals surface area contributed by atoms with E-state index in [-0.39, 0.29) is 5.22 Å². The minimum atomic E-state index is -0.935. The third-order valence-corrected chi connectivity index (χ3v) is 2.97. The minimum absolute atomic E-state index is 0.152. The van der Waals surface area contributed by atoms with Crippen molar-refractivity contribution in [3.05, 3.63) is 51.9 Å². The Labute approximate surface area is 109 Å². The molecule has 3 nitrogen and oxygen atoms in total. The summed E-state index contributed by atoms with van der Waals surface area (Å²) >= 11 is 11.7. The van der Waals surface area contributed by atoms with Crippen LogP contribution in [-0.2, 0) is 0 Å². The smallest absolute Gasteiger partial charge is 0.199 e. The van der Waals surface area contributed by atoms with Gasteiger partial charge in [-0.2, -0.15) is 0 Å². The Balaban J connectivity index is 2.46. The van der Waals surface area contributed by atoms with Crippen LogP contribution in [0.1, 0.15) is 17.2 Å². The number of ether oxygens (including phenoxy) is 1. The molecule has 1 atom stereocenters. The van der Waals surface area contributed by atoms with Crippen LogP contribution in [0.5, 0.6) is 5.75 Å². The van der Waals surface area contributed by atoms with Gasteiger partial charge in [-0.25, -0.2) is 0 Å². The molecule has 2 rings (SSSR count). The maximum absolute atomic E-state index is 10.2. The van der Waals surface area contributed by atoms with Gasteiger partial charge in [0.05, 0.1) is 13.4 Å². The Bertz CT molecular complexity index is 522. The minimum Gasteiger partial charge on any atom is -0.496 e. The third kappa shape index (κ3) is 2.41. The average molecular weight is 273 g/mol. The van der Waals surface area contributed by atoms with E-state index in [1.54, 1.807) is 24.3 Å². The topological polar surface area (TPSA) is 42.6 Å². The highest BCUT2D eigenvalue weighted by Gasteiger charge is 2.20. The molecule has 0 saturated heterocycles. The first kappa shape index (κ1) is 12.3. The molecule has 0 radical (unpaired) electrons. The number of aliphatic hydroxyl groups excluding tert-OH is 1. The summed E-state index contributed by atoms with van der Waals surface area (Å²) in [7, 11) is 1.52. The highest BCUT2D eigenvalue weighted by molar-refractivity contribution is 6.30. The molecule has 1 heterocycles. The Morgan fingerprint density at radius 1 is 1.24 bits per heavy atom. The van der Waals surface area contributed by atoms with Crippen molar-refractivity contribution in [3.63, 3.8) is 0 Å². The van der Waals surface area contributed by atoms with Crippen molar-refractivity contribution in [1.82, 2.24) is 0 Å². The van der Waals surface area contributed by atoms with Crippen molar-refractivity contribution in [2.24, 2.45) is 0 Å². The summed E-state index contributed by atoms with van der Waals surface area (Å²) in [6.45, 7) is 0. The van der Waals surface area contributed by atoms with E-state index in [0.717, 1.165) is 0 Å². The van der Waals surface area contributed by atoms with E-state index < -0.39 is 6.10 Å². The normalized spacial score (nSPS) is 12.5. The van der Waals surface area contributed by atoms with E-state index in [4.69, 9.17) is 32.4 Å². The van der Waals surface area contributed by atoms with Gasteiger partial charge in [-0.05, 0) is 35.9 Å². The van der Waals surface area contributed by atoms with Gasteiger partial charge in [0, 0.05) is 16.1 Å². The fraction of sp³-hybridized carbons (Fsp3) is 0.167. The lowest BCUT2D eigenvalue weighted by Crippen LogP contribution is -2.01. The monoisotopic (exact) mass is 272 g/mol. The quantitative estimate of drug-likeness (QED) is 0.927. The molecular formula is C12H10Cl2O3. The lowest BCUT2D eigenvalue weighted by Gasteiger charge is -2.14. The van der Waals surface area contributed by atoms with Gasteiger partial charge in [-0.1, -0.05) is 11.6 Å². The second-order valence-electron chi connectivity index (χ2n) is 3.44. The van der Waals surface area contributed by atoms with Crippen LogP contribution in [0.4, 0.5) is 0 Å². The molecule has 0 spiro atoms. The molecule has 0 aliphatic heterocycles. The van der Waals surface area contributed by atoms with Crippen molar-refractivity contribution in [1.29, 1.82) is 0 Å². The lowest BCUT2D eigenvalue weighted by atomic mass is 10.0. The van der Waals surface area contributed by atoms with Gasteiger partial charge in [-0.3, -0.25) is 0 Å². The number of benzene rings is 1. The lowest BCUT2D eigenvalue weighted by molar-refractivity contribution is 0.214. The first-order valence-electron chi connectivity index (χ1n) is 4.88. The number of methoxy groups -OCH3 is 1. The van der Waals surface area contributed by atoms with Crippen molar-refractivity contribution >= 4 is 23.2 Å². The van der Waals surface area contributed by atoms with Gasteiger partial charge in [0.1, 0.15) is 11.9 Å². The number of furan rings is 1. The molecular weight excluding hydrogens is 263 g/mol. The average Bonchev–Trinajstić information content (AvgIpc) is 2.74. The number of hydrogen-bond acceptors (Lipinski definition) is 3. The van der Waals surface area contributed by atoms with E-state index in [9.17, 15) is 5.11 Å². The zero-order valence-corrected chi connectivity index (χ0v) is 10.5. The fourth-order valence-corrected chi connectivity index (χ4v) is 1.98. The second-order valence-corrected chi connectivity index (χ2v) is 4.22. The maximum Gasteiger partial charge on any atom is 0.199 e. The molecule has 0 bridgehead atoms. The van der Waals surface area contributed by atoms with E-state index in [1.807, 2.05) is 0 Å². The summed E-state index contributed by atoms with van der Waals surface area (Å²) in [5, 5.41) is 10.9. The maximum atomic E-state index is 10.2. The SMILES string of the molecule is COc1ccc(Cl)cc1C(O)c1ccoc1Cl. The molecule has 0 aliphatic rings. The summed E-state index contributed by atoms with van der Waals surface area (Å²) in [5.74, 6) is 0.541.